The number of carbonyl (C=O) groups is 1. The van der Waals surface area contributed by atoms with Gasteiger partial charge in [0.15, 0.2) is 11.5 Å². The van der Waals surface area contributed by atoms with E-state index in [-0.39, 0.29) is 11.5 Å². The molecule has 31 heavy (non-hydrogen) atoms. The highest BCUT2D eigenvalue weighted by molar-refractivity contribution is 6.15. The van der Waals surface area contributed by atoms with Crippen molar-refractivity contribution in [3.63, 3.8) is 0 Å². The normalized spacial score (nSPS) is 10.6. The Morgan fingerprint density at radius 1 is 0.903 bits per heavy atom. The summed E-state index contributed by atoms with van der Waals surface area (Å²) in [6.45, 7) is 0.357. The molecule has 0 unspecified atom stereocenters. The SMILES string of the molecule is COc1ccc(COc2cc3ccnc(C(=O)c4ccc(O)cc4)c3cc2OC)cc1. The molecular formula is C25H21NO5. The predicted molar refractivity (Wildman–Crippen MR) is 117 cm³/mol. The first-order valence-corrected chi connectivity index (χ1v) is 9.65. The van der Waals surface area contributed by atoms with Crippen LogP contribution in [0, 0.1) is 0 Å². The van der Waals surface area contributed by atoms with E-state index in [2.05, 4.69) is 4.98 Å². The fourth-order valence-corrected chi connectivity index (χ4v) is 3.27. The van der Waals surface area contributed by atoms with Crippen molar-refractivity contribution in [3.05, 3.63) is 89.7 Å². The van der Waals surface area contributed by atoms with Crippen LogP contribution >= 0.6 is 0 Å². The minimum atomic E-state index is -0.237. The van der Waals surface area contributed by atoms with E-state index in [9.17, 15) is 9.90 Å². The van der Waals surface area contributed by atoms with Crippen molar-refractivity contribution >= 4 is 16.6 Å². The fourth-order valence-electron chi connectivity index (χ4n) is 3.27. The Bertz CT molecular complexity index is 1220. The number of nitrogens with zero attached hydrogens (tertiary/aromatic N) is 1. The Kier molecular flexibility index (Phi) is 5.71. The van der Waals surface area contributed by atoms with Crippen molar-refractivity contribution < 1.29 is 24.1 Å². The van der Waals surface area contributed by atoms with Crippen LogP contribution in [0.3, 0.4) is 0 Å². The van der Waals surface area contributed by atoms with Crippen molar-refractivity contribution in [2.75, 3.05) is 14.2 Å². The summed E-state index contributed by atoms with van der Waals surface area (Å²) in [7, 11) is 3.18. The lowest BCUT2D eigenvalue weighted by Gasteiger charge is -2.14. The smallest absolute Gasteiger partial charge is 0.211 e. The van der Waals surface area contributed by atoms with Crippen LogP contribution in [0.2, 0.25) is 0 Å². The third-order valence-corrected chi connectivity index (χ3v) is 4.95. The highest BCUT2D eigenvalue weighted by Gasteiger charge is 2.17. The van der Waals surface area contributed by atoms with Crippen molar-refractivity contribution in [3.8, 4) is 23.0 Å². The molecule has 0 aliphatic carbocycles. The van der Waals surface area contributed by atoms with Crippen LogP contribution < -0.4 is 14.2 Å². The Morgan fingerprint density at radius 2 is 1.65 bits per heavy atom. The monoisotopic (exact) mass is 415 g/mol. The van der Waals surface area contributed by atoms with Gasteiger partial charge in [-0.3, -0.25) is 9.78 Å². The van der Waals surface area contributed by atoms with Gasteiger partial charge >= 0.3 is 0 Å². The number of methoxy groups -OCH3 is 2. The first-order chi connectivity index (χ1) is 15.1. The molecule has 0 amide bonds. The van der Waals surface area contributed by atoms with Crippen LogP contribution in [0.5, 0.6) is 23.0 Å². The molecule has 0 saturated carbocycles. The molecule has 1 N–H and O–H groups in total. The summed E-state index contributed by atoms with van der Waals surface area (Å²) in [4.78, 5) is 17.3. The van der Waals surface area contributed by atoms with Gasteiger partial charge in [-0.25, -0.2) is 0 Å². The number of fused-ring (bicyclic) bond motifs is 1. The number of hydrogen-bond donors (Lipinski definition) is 1. The number of phenolic OH excluding ortho intramolecular Hbond substituents is 1. The van der Waals surface area contributed by atoms with E-state index in [0.717, 1.165) is 16.7 Å². The Labute approximate surface area is 179 Å². The summed E-state index contributed by atoms with van der Waals surface area (Å²) in [5.74, 6) is 1.72. The number of aromatic hydroxyl groups is 1. The second kappa shape index (κ2) is 8.75. The van der Waals surface area contributed by atoms with Crippen LogP contribution in [0.1, 0.15) is 21.6 Å². The zero-order valence-corrected chi connectivity index (χ0v) is 17.2. The number of ketones is 1. The number of pyridine rings is 1. The summed E-state index contributed by atoms with van der Waals surface area (Å²) in [5.41, 5.74) is 1.74. The molecule has 1 heterocycles. The van der Waals surface area contributed by atoms with Gasteiger partial charge in [-0.2, -0.15) is 0 Å². The Hall–Kier alpha value is -4.06. The van der Waals surface area contributed by atoms with E-state index in [1.54, 1.807) is 38.6 Å². The molecule has 0 aliphatic rings. The van der Waals surface area contributed by atoms with E-state index in [1.165, 1.54) is 12.1 Å². The van der Waals surface area contributed by atoms with Crippen molar-refractivity contribution in [1.29, 1.82) is 0 Å². The molecule has 6 heteroatoms. The van der Waals surface area contributed by atoms with E-state index in [0.29, 0.717) is 34.7 Å². The number of benzene rings is 3. The van der Waals surface area contributed by atoms with Crippen molar-refractivity contribution in [2.24, 2.45) is 0 Å². The first kappa shape index (κ1) is 20.2. The molecule has 4 aromatic rings. The maximum absolute atomic E-state index is 13.0. The van der Waals surface area contributed by atoms with Gasteiger partial charge in [0.05, 0.1) is 14.2 Å². The van der Waals surface area contributed by atoms with Gasteiger partial charge in [0.1, 0.15) is 23.8 Å². The van der Waals surface area contributed by atoms with Crippen molar-refractivity contribution in [1.82, 2.24) is 4.98 Å². The minimum absolute atomic E-state index is 0.0998. The van der Waals surface area contributed by atoms with Crippen molar-refractivity contribution in [2.45, 2.75) is 6.61 Å². The summed E-state index contributed by atoms with van der Waals surface area (Å²) in [6.07, 6.45) is 1.59. The van der Waals surface area contributed by atoms with Gasteiger partial charge in [0, 0.05) is 17.1 Å². The highest BCUT2D eigenvalue weighted by Crippen LogP contribution is 2.34. The summed E-state index contributed by atoms with van der Waals surface area (Å²) in [5, 5.41) is 10.9. The van der Waals surface area contributed by atoms with E-state index < -0.39 is 0 Å². The number of hydrogen-bond acceptors (Lipinski definition) is 6. The Morgan fingerprint density at radius 3 is 2.32 bits per heavy atom. The van der Waals surface area contributed by atoms with Gasteiger partial charge in [0.25, 0.3) is 0 Å². The summed E-state index contributed by atoms with van der Waals surface area (Å²) in [6, 6.07) is 19.1. The van der Waals surface area contributed by atoms with Crippen LogP contribution in [-0.2, 0) is 6.61 Å². The highest BCUT2D eigenvalue weighted by atomic mass is 16.5. The van der Waals surface area contributed by atoms with Gasteiger partial charge in [-0.05, 0) is 65.5 Å². The first-order valence-electron chi connectivity index (χ1n) is 9.65. The van der Waals surface area contributed by atoms with Gasteiger partial charge < -0.3 is 19.3 Å². The molecule has 0 radical (unpaired) electrons. The van der Waals surface area contributed by atoms with Crippen LogP contribution in [0.15, 0.2) is 72.9 Å². The maximum Gasteiger partial charge on any atom is 0.211 e. The quantitative estimate of drug-likeness (QED) is 0.438. The number of carbonyl (C=O) groups excluding carboxylic acids is 1. The van der Waals surface area contributed by atoms with Gasteiger partial charge in [-0.15, -0.1) is 0 Å². The Balaban J connectivity index is 1.66. The molecule has 4 rings (SSSR count). The zero-order chi connectivity index (χ0) is 21.8. The maximum atomic E-state index is 13.0. The molecule has 0 bridgehead atoms. The fraction of sp³-hybridized carbons (Fsp3) is 0.120. The molecular weight excluding hydrogens is 394 g/mol. The predicted octanol–water partition coefficient (Wildman–Crippen LogP) is 4.77. The average Bonchev–Trinajstić information content (AvgIpc) is 2.82. The second-order valence-corrected chi connectivity index (χ2v) is 6.90. The molecule has 0 atom stereocenters. The third-order valence-electron chi connectivity index (χ3n) is 4.95. The molecule has 6 nitrogen and oxygen atoms in total. The average molecular weight is 415 g/mol. The molecule has 156 valence electrons. The number of ether oxygens (including phenoxy) is 3. The van der Waals surface area contributed by atoms with Gasteiger partial charge in [0.2, 0.25) is 5.78 Å². The molecule has 3 aromatic carbocycles. The number of rotatable bonds is 7. The molecule has 0 fully saturated rings. The lowest BCUT2D eigenvalue weighted by atomic mass is 10.0. The second-order valence-electron chi connectivity index (χ2n) is 6.90. The molecule has 0 aliphatic heterocycles. The molecule has 0 saturated heterocycles. The zero-order valence-electron chi connectivity index (χ0n) is 17.2. The lowest BCUT2D eigenvalue weighted by Crippen LogP contribution is -2.05. The standard InChI is InChI=1S/C25H21NO5/c1-29-20-9-3-16(4-10-20)15-31-23-13-18-11-12-26-24(21(18)14-22(23)30-2)25(28)17-5-7-19(27)8-6-17/h3-14,27H,15H2,1-2H3. The molecule has 0 spiro atoms. The van der Waals surface area contributed by atoms with Gasteiger partial charge in [-0.1, -0.05) is 12.1 Å². The molecule has 1 aromatic heterocycles. The van der Waals surface area contributed by atoms with E-state index >= 15 is 0 Å². The minimum Gasteiger partial charge on any atom is -0.508 e. The number of phenols is 1. The summed E-state index contributed by atoms with van der Waals surface area (Å²) >= 11 is 0. The topological polar surface area (TPSA) is 77.9 Å². The third kappa shape index (κ3) is 4.28. The lowest BCUT2D eigenvalue weighted by molar-refractivity contribution is 0.103. The summed E-state index contributed by atoms with van der Waals surface area (Å²) < 4.78 is 16.7. The van der Waals surface area contributed by atoms with E-state index in [4.69, 9.17) is 14.2 Å². The van der Waals surface area contributed by atoms with Crippen LogP contribution in [0.4, 0.5) is 0 Å². The van der Waals surface area contributed by atoms with Crippen LogP contribution in [-0.4, -0.2) is 30.1 Å². The van der Waals surface area contributed by atoms with E-state index in [1.807, 2.05) is 36.4 Å². The van der Waals surface area contributed by atoms with Crippen LogP contribution in [0.25, 0.3) is 10.8 Å². The largest absolute Gasteiger partial charge is 0.508 e. The number of aromatic nitrogens is 1.